The molecule has 0 atom stereocenters. The highest BCUT2D eigenvalue weighted by Crippen LogP contribution is 2.16. The van der Waals surface area contributed by atoms with Crippen molar-refractivity contribution in [2.24, 2.45) is 0 Å². The molecule has 5 N–H and O–H groups in total. The fourth-order valence-corrected chi connectivity index (χ4v) is 3.50. The van der Waals surface area contributed by atoms with Gasteiger partial charge in [-0.05, 0) is 36.8 Å². The largest absolute Gasteiger partial charge is 0.325 e. The number of hydrogen-bond acceptors (Lipinski definition) is 6. The van der Waals surface area contributed by atoms with Crippen LogP contribution in [0.1, 0.15) is 15.9 Å². The maximum absolute atomic E-state index is 12.4. The second-order valence-electron chi connectivity index (χ2n) is 6.02. The molecule has 3 rings (SSSR count). The van der Waals surface area contributed by atoms with Crippen LogP contribution >= 0.6 is 0 Å². The van der Waals surface area contributed by atoms with Gasteiger partial charge in [0, 0.05) is 17.4 Å². The van der Waals surface area contributed by atoms with Crippen molar-refractivity contribution in [1.29, 1.82) is 0 Å². The van der Waals surface area contributed by atoms with E-state index in [4.69, 9.17) is 0 Å². The Hall–Kier alpha value is -3.86. The van der Waals surface area contributed by atoms with Crippen LogP contribution in [0.3, 0.4) is 0 Å². The lowest BCUT2D eigenvalue weighted by Crippen LogP contribution is -2.30. The second kappa shape index (κ2) is 8.02. The van der Waals surface area contributed by atoms with Gasteiger partial charge < -0.3 is 4.98 Å². The lowest BCUT2D eigenvalue weighted by atomic mass is 10.2. The molecule has 150 valence electrons. The zero-order valence-corrected chi connectivity index (χ0v) is 16.0. The molecule has 0 aliphatic rings. The topological polar surface area (TPSA) is 153 Å². The lowest BCUT2D eigenvalue weighted by molar-refractivity contribution is 0.0962. The van der Waals surface area contributed by atoms with Crippen LogP contribution in [0, 0.1) is 6.92 Å². The van der Waals surface area contributed by atoms with Crippen LogP contribution in [0.15, 0.2) is 69.2 Å². The van der Waals surface area contributed by atoms with Gasteiger partial charge in [-0.15, -0.1) is 0 Å². The highest BCUT2D eigenvalue weighted by molar-refractivity contribution is 7.92. The standard InChI is InChI=1S/C18H17N5O5S/c1-11-5-2-3-8-14(11)21-22-16(24)12-6-4-7-13(9-12)23-29(27,28)15-10-19-18(26)20-17(15)25/h2-10,21,23H,1H3,(H,22,24)(H2,19,20,25,26). The number of H-pyrrole nitrogens is 2. The molecule has 1 heterocycles. The van der Waals surface area contributed by atoms with Crippen LogP contribution in [0.2, 0.25) is 0 Å². The molecule has 0 unspecified atom stereocenters. The van der Waals surface area contributed by atoms with Gasteiger partial charge in [0.25, 0.3) is 21.5 Å². The summed E-state index contributed by atoms with van der Waals surface area (Å²) in [7, 11) is -4.28. The number of anilines is 2. The van der Waals surface area contributed by atoms with Crippen molar-refractivity contribution in [3.63, 3.8) is 0 Å². The average Bonchev–Trinajstić information content (AvgIpc) is 2.66. The molecule has 0 radical (unpaired) electrons. The van der Waals surface area contributed by atoms with E-state index in [1.54, 1.807) is 6.07 Å². The summed E-state index contributed by atoms with van der Waals surface area (Å²) in [5, 5.41) is 0. The Bertz CT molecular complexity index is 1280. The monoisotopic (exact) mass is 415 g/mol. The number of carbonyl (C=O) groups excluding carboxylic acids is 1. The average molecular weight is 415 g/mol. The van der Waals surface area contributed by atoms with E-state index in [0.29, 0.717) is 0 Å². The molecular formula is C18H17N5O5S. The molecule has 0 bridgehead atoms. The van der Waals surface area contributed by atoms with Crippen LogP contribution in [0.25, 0.3) is 0 Å². The van der Waals surface area contributed by atoms with Gasteiger partial charge in [-0.2, -0.15) is 0 Å². The first kappa shape index (κ1) is 19.9. The highest BCUT2D eigenvalue weighted by atomic mass is 32.2. The fourth-order valence-electron chi connectivity index (χ4n) is 2.44. The Labute approximate surface area is 165 Å². The van der Waals surface area contributed by atoms with Gasteiger partial charge in [0.1, 0.15) is 0 Å². The van der Waals surface area contributed by atoms with E-state index in [1.807, 2.05) is 30.1 Å². The zero-order chi connectivity index (χ0) is 21.0. The number of benzene rings is 2. The van der Waals surface area contributed by atoms with Crippen molar-refractivity contribution in [3.8, 4) is 0 Å². The van der Waals surface area contributed by atoms with Crippen molar-refractivity contribution in [2.45, 2.75) is 11.8 Å². The van der Waals surface area contributed by atoms with Crippen molar-refractivity contribution in [2.75, 3.05) is 10.1 Å². The number of sulfonamides is 1. The van der Waals surface area contributed by atoms with E-state index in [-0.39, 0.29) is 11.3 Å². The third-order valence-electron chi connectivity index (χ3n) is 3.91. The summed E-state index contributed by atoms with van der Waals surface area (Å²) in [6.07, 6.45) is 0.798. The number of amides is 1. The van der Waals surface area contributed by atoms with Gasteiger partial charge >= 0.3 is 5.69 Å². The van der Waals surface area contributed by atoms with Crippen LogP contribution < -0.4 is 26.8 Å². The van der Waals surface area contributed by atoms with Crippen molar-refractivity contribution in [3.05, 3.63) is 86.7 Å². The first-order valence-corrected chi connectivity index (χ1v) is 9.81. The Morgan fingerprint density at radius 1 is 1.03 bits per heavy atom. The van der Waals surface area contributed by atoms with Crippen LogP contribution in [-0.2, 0) is 10.0 Å². The molecule has 10 nitrogen and oxygen atoms in total. The number of aromatic nitrogens is 2. The van der Waals surface area contributed by atoms with Gasteiger partial charge in [0.05, 0.1) is 5.69 Å². The predicted molar refractivity (Wildman–Crippen MR) is 107 cm³/mol. The summed E-state index contributed by atoms with van der Waals surface area (Å²) >= 11 is 0. The summed E-state index contributed by atoms with van der Waals surface area (Å²) in [6.45, 7) is 1.88. The molecule has 0 saturated carbocycles. The first-order chi connectivity index (χ1) is 13.8. The van der Waals surface area contributed by atoms with E-state index in [2.05, 4.69) is 20.6 Å². The van der Waals surface area contributed by atoms with E-state index < -0.39 is 32.1 Å². The Balaban J connectivity index is 1.77. The van der Waals surface area contributed by atoms with Gasteiger partial charge in [-0.25, -0.2) is 13.2 Å². The number of hydrogen-bond donors (Lipinski definition) is 5. The Kier molecular flexibility index (Phi) is 5.50. The molecule has 1 aromatic heterocycles. The second-order valence-corrected chi connectivity index (χ2v) is 7.67. The third-order valence-corrected chi connectivity index (χ3v) is 5.29. The molecule has 3 aromatic rings. The summed E-state index contributed by atoms with van der Waals surface area (Å²) in [5.41, 5.74) is 5.35. The van der Waals surface area contributed by atoms with Gasteiger partial charge in [0.2, 0.25) is 0 Å². The van der Waals surface area contributed by atoms with Crippen molar-refractivity contribution >= 4 is 27.3 Å². The molecule has 0 spiro atoms. The minimum Gasteiger partial charge on any atom is -0.313 e. The van der Waals surface area contributed by atoms with E-state index in [0.717, 1.165) is 17.4 Å². The zero-order valence-electron chi connectivity index (χ0n) is 15.1. The number of rotatable bonds is 6. The minimum absolute atomic E-state index is 0.0686. The van der Waals surface area contributed by atoms with Crippen molar-refractivity contribution < 1.29 is 13.2 Å². The molecule has 0 aliphatic heterocycles. The molecule has 11 heteroatoms. The van der Waals surface area contributed by atoms with Gasteiger partial charge in [0.15, 0.2) is 4.90 Å². The van der Waals surface area contributed by atoms with Crippen LogP contribution in [-0.4, -0.2) is 24.3 Å². The first-order valence-electron chi connectivity index (χ1n) is 8.33. The SMILES string of the molecule is Cc1ccccc1NNC(=O)c1cccc(NS(=O)(=O)c2c[nH]c(=O)[nH]c2=O)c1. The summed E-state index contributed by atoms with van der Waals surface area (Å²) in [6, 6.07) is 13.1. The number of aromatic amines is 2. The molecule has 1 amide bonds. The molecule has 29 heavy (non-hydrogen) atoms. The summed E-state index contributed by atoms with van der Waals surface area (Å²) in [5.74, 6) is -0.490. The van der Waals surface area contributed by atoms with Gasteiger partial charge in [-0.1, -0.05) is 24.3 Å². The molecule has 2 aromatic carbocycles. The number of aryl methyl sites for hydroxylation is 1. The van der Waals surface area contributed by atoms with E-state index in [9.17, 15) is 22.8 Å². The minimum atomic E-state index is -4.28. The number of para-hydroxylation sites is 1. The quantitative estimate of drug-likeness (QED) is 0.378. The summed E-state index contributed by atoms with van der Waals surface area (Å²) < 4.78 is 27.0. The third kappa shape index (κ3) is 4.71. The van der Waals surface area contributed by atoms with E-state index in [1.165, 1.54) is 24.3 Å². The maximum Gasteiger partial charge on any atom is 0.325 e. The molecule has 0 fully saturated rings. The normalized spacial score (nSPS) is 10.9. The number of carbonyl (C=O) groups is 1. The summed E-state index contributed by atoms with van der Waals surface area (Å²) in [4.78, 5) is 38.4. The highest BCUT2D eigenvalue weighted by Gasteiger charge is 2.19. The predicted octanol–water partition coefficient (Wildman–Crippen LogP) is 0.929. The Morgan fingerprint density at radius 2 is 1.79 bits per heavy atom. The van der Waals surface area contributed by atoms with Gasteiger partial charge in [-0.3, -0.25) is 30.1 Å². The molecular weight excluding hydrogens is 398 g/mol. The molecule has 0 saturated heterocycles. The lowest BCUT2D eigenvalue weighted by Gasteiger charge is -2.12. The molecule has 0 aliphatic carbocycles. The smallest absolute Gasteiger partial charge is 0.313 e. The van der Waals surface area contributed by atoms with Crippen LogP contribution in [0.4, 0.5) is 11.4 Å². The fraction of sp³-hybridized carbons (Fsp3) is 0.0556. The number of hydrazine groups is 1. The maximum atomic E-state index is 12.4. The van der Waals surface area contributed by atoms with Crippen LogP contribution in [0.5, 0.6) is 0 Å². The Morgan fingerprint density at radius 3 is 2.52 bits per heavy atom. The number of nitrogens with one attached hydrogen (secondary N) is 5. The van der Waals surface area contributed by atoms with E-state index >= 15 is 0 Å². The van der Waals surface area contributed by atoms with Crippen molar-refractivity contribution in [1.82, 2.24) is 15.4 Å².